The molecule has 0 spiro atoms. The van der Waals surface area contributed by atoms with E-state index in [2.05, 4.69) is 259 Å². The Morgan fingerprint density at radius 1 is 0.304 bits per heavy atom. The van der Waals surface area contributed by atoms with Gasteiger partial charge in [0.1, 0.15) is 0 Å². The molecule has 4 nitrogen and oxygen atoms in total. The molecule has 0 aliphatic rings. The van der Waals surface area contributed by atoms with Crippen LogP contribution in [0, 0.1) is 0 Å². The van der Waals surface area contributed by atoms with Crippen LogP contribution in [0.25, 0.3) is 93.0 Å². The fraction of sp³-hybridized carbons (Fsp3) is 0. The van der Waals surface area contributed by atoms with Gasteiger partial charge in [0.2, 0.25) is 0 Å². The smallest absolute Gasteiger partial charge is 0.179 e. The van der Waals surface area contributed by atoms with Crippen LogP contribution < -0.4 is 20.7 Å². The van der Waals surface area contributed by atoms with E-state index in [1.807, 2.05) is 11.3 Å². The number of hydrogen-bond donors (Lipinski definition) is 0. The van der Waals surface area contributed by atoms with Gasteiger partial charge in [0.25, 0.3) is 0 Å². The number of benzene rings is 10. The SMILES string of the molecule is c1ccc([Si](c2ccccc2)(c2ccccc2)c2ccc(-c3nc(-c4ccc(-n5c6ccccc6c6ccccc65)cc4)nc(-c4ccccc4-c4cccc5c4sc4ccccc45)n3)cc2)cc1. The van der Waals surface area contributed by atoms with E-state index in [9.17, 15) is 0 Å². The van der Waals surface area contributed by atoms with Gasteiger partial charge in [-0.05, 0) is 68.8 Å². The summed E-state index contributed by atoms with van der Waals surface area (Å²) in [7, 11) is -2.75. The second-order valence-electron chi connectivity index (χ2n) is 17.5. The summed E-state index contributed by atoms with van der Waals surface area (Å²) in [5.41, 5.74) is 8.45. The molecule has 3 heterocycles. The monoisotopic (exact) mass is 914 g/mol. The first-order valence-corrected chi connectivity index (χ1v) is 26.2. The van der Waals surface area contributed by atoms with Gasteiger partial charge in [0.05, 0.1) is 11.0 Å². The first kappa shape index (κ1) is 40.7. The Kier molecular flexibility index (Phi) is 10.00. The van der Waals surface area contributed by atoms with Crippen molar-refractivity contribution in [2.45, 2.75) is 0 Å². The molecule has 0 saturated carbocycles. The number of nitrogens with zero attached hydrogens (tertiary/aromatic N) is 4. The molecule has 10 aromatic carbocycles. The maximum atomic E-state index is 5.39. The van der Waals surface area contributed by atoms with Gasteiger partial charge in [0, 0.05) is 58.9 Å². The third kappa shape index (κ3) is 6.83. The van der Waals surface area contributed by atoms with Crippen molar-refractivity contribution >= 4 is 82.1 Å². The lowest BCUT2D eigenvalue weighted by Gasteiger charge is -2.34. The molecule has 69 heavy (non-hydrogen) atoms. The topological polar surface area (TPSA) is 43.6 Å². The van der Waals surface area contributed by atoms with E-state index in [4.69, 9.17) is 15.0 Å². The number of fused-ring (bicyclic) bond motifs is 6. The summed E-state index contributed by atoms with van der Waals surface area (Å²) in [5.74, 6) is 1.86. The fourth-order valence-corrected chi connectivity index (χ4v) is 16.5. The van der Waals surface area contributed by atoms with Crippen molar-refractivity contribution in [2.75, 3.05) is 0 Å². The van der Waals surface area contributed by atoms with E-state index in [0.29, 0.717) is 17.5 Å². The maximum Gasteiger partial charge on any atom is 0.179 e. The first-order chi connectivity index (χ1) is 34.2. The summed E-state index contributed by atoms with van der Waals surface area (Å²) in [4.78, 5) is 16.1. The van der Waals surface area contributed by atoms with E-state index in [1.54, 1.807) is 0 Å². The van der Waals surface area contributed by atoms with Gasteiger partial charge in [-0.3, -0.25) is 0 Å². The van der Waals surface area contributed by atoms with Gasteiger partial charge in [-0.1, -0.05) is 212 Å². The van der Waals surface area contributed by atoms with Gasteiger partial charge in [0.15, 0.2) is 25.5 Å². The molecular weight excluding hydrogens is 873 g/mol. The number of aromatic nitrogens is 4. The quantitative estimate of drug-likeness (QED) is 0.107. The molecule has 13 aromatic rings. The van der Waals surface area contributed by atoms with Crippen LogP contribution in [0.15, 0.2) is 255 Å². The molecule has 3 aromatic heterocycles. The van der Waals surface area contributed by atoms with Crippen LogP contribution >= 0.6 is 11.3 Å². The number of hydrogen-bond acceptors (Lipinski definition) is 4. The fourth-order valence-electron chi connectivity index (χ4n) is 10.5. The normalized spacial score (nSPS) is 11.8. The minimum atomic E-state index is -2.75. The lowest BCUT2D eigenvalue weighted by atomic mass is 9.97. The Morgan fingerprint density at radius 3 is 1.30 bits per heavy atom. The van der Waals surface area contributed by atoms with E-state index < -0.39 is 8.07 Å². The average Bonchev–Trinajstić information content (AvgIpc) is 3.98. The standard InChI is InChI=1S/C63H42N4SSi/c1-4-19-46(20-5-1)69(47-21-6-2-7-22-47,48-23-8-3-9-24-48)49-41-37-44(38-42-49)62-64-61(43-35-39-45(40-36-43)67-57-32-15-12-26-51(57)52-27-13-16-33-58(52)67)65-63(66-62)56-29-11-10-25-50(56)54-30-18-31-55-53-28-14-17-34-59(53)68-60(54)55/h1-42H. The van der Waals surface area contributed by atoms with Crippen molar-refractivity contribution in [3.63, 3.8) is 0 Å². The van der Waals surface area contributed by atoms with Gasteiger partial charge in [-0.25, -0.2) is 15.0 Å². The Hall–Kier alpha value is -8.55. The average molecular weight is 915 g/mol. The first-order valence-electron chi connectivity index (χ1n) is 23.3. The van der Waals surface area contributed by atoms with E-state index >= 15 is 0 Å². The van der Waals surface area contributed by atoms with E-state index in [0.717, 1.165) is 33.5 Å². The summed E-state index contributed by atoms with van der Waals surface area (Å²) in [5, 5.41) is 10.3. The van der Waals surface area contributed by atoms with Crippen molar-refractivity contribution in [3.05, 3.63) is 255 Å². The zero-order valence-electron chi connectivity index (χ0n) is 37.4. The minimum absolute atomic E-state index is 0.615. The molecule has 0 radical (unpaired) electrons. The van der Waals surface area contributed by atoms with Crippen LogP contribution in [0.5, 0.6) is 0 Å². The minimum Gasteiger partial charge on any atom is -0.309 e. The molecule has 324 valence electrons. The molecular formula is C63H42N4SSi. The molecule has 0 bridgehead atoms. The van der Waals surface area contributed by atoms with E-state index in [-0.39, 0.29) is 0 Å². The van der Waals surface area contributed by atoms with Crippen molar-refractivity contribution in [3.8, 4) is 51.0 Å². The van der Waals surface area contributed by atoms with Crippen molar-refractivity contribution < 1.29 is 0 Å². The van der Waals surface area contributed by atoms with Crippen LogP contribution in [0.2, 0.25) is 0 Å². The second kappa shape index (κ2) is 17.0. The van der Waals surface area contributed by atoms with Gasteiger partial charge in [-0.2, -0.15) is 0 Å². The molecule has 0 fully saturated rings. The van der Waals surface area contributed by atoms with Crippen LogP contribution in [-0.4, -0.2) is 27.6 Å². The molecule has 0 aliphatic heterocycles. The van der Waals surface area contributed by atoms with Crippen molar-refractivity contribution in [1.82, 2.24) is 19.5 Å². The van der Waals surface area contributed by atoms with Crippen molar-refractivity contribution in [1.29, 1.82) is 0 Å². The predicted octanol–water partition coefficient (Wildman–Crippen LogP) is 13.4. The van der Waals surface area contributed by atoms with E-state index in [1.165, 1.54) is 62.7 Å². The highest BCUT2D eigenvalue weighted by Crippen LogP contribution is 2.42. The Labute approximate surface area is 405 Å². The summed E-state index contributed by atoms with van der Waals surface area (Å²) in [6.07, 6.45) is 0. The highest BCUT2D eigenvalue weighted by molar-refractivity contribution is 7.26. The maximum absolute atomic E-state index is 5.39. The Morgan fingerprint density at radius 2 is 0.725 bits per heavy atom. The molecule has 0 amide bonds. The van der Waals surface area contributed by atoms with Crippen LogP contribution in [0.4, 0.5) is 0 Å². The van der Waals surface area contributed by atoms with Gasteiger partial charge < -0.3 is 4.57 Å². The Balaban J connectivity index is 0.988. The summed E-state index contributed by atoms with van der Waals surface area (Å²) in [6, 6.07) is 91.9. The summed E-state index contributed by atoms with van der Waals surface area (Å²) < 4.78 is 4.86. The molecule has 6 heteroatoms. The number of para-hydroxylation sites is 2. The summed E-state index contributed by atoms with van der Waals surface area (Å²) >= 11 is 1.83. The molecule has 0 saturated heterocycles. The predicted molar refractivity (Wildman–Crippen MR) is 292 cm³/mol. The number of rotatable bonds is 9. The second-order valence-corrected chi connectivity index (χ2v) is 22.3. The van der Waals surface area contributed by atoms with Gasteiger partial charge >= 0.3 is 0 Å². The van der Waals surface area contributed by atoms with Gasteiger partial charge in [-0.15, -0.1) is 11.3 Å². The zero-order valence-corrected chi connectivity index (χ0v) is 39.3. The highest BCUT2D eigenvalue weighted by atomic mass is 32.1. The lowest BCUT2D eigenvalue weighted by molar-refractivity contribution is 1.07. The third-order valence-corrected chi connectivity index (χ3v) is 19.7. The molecule has 13 rings (SSSR count). The lowest BCUT2D eigenvalue weighted by Crippen LogP contribution is -2.74. The highest BCUT2D eigenvalue weighted by Gasteiger charge is 2.41. The molecule has 0 N–H and O–H groups in total. The summed E-state index contributed by atoms with van der Waals surface area (Å²) in [6.45, 7) is 0. The number of thiophene rings is 1. The molecule has 0 atom stereocenters. The largest absolute Gasteiger partial charge is 0.309 e. The molecule has 0 unspecified atom stereocenters. The van der Waals surface area contributed by atoms with Crippen molar-refractivity contribution in [2.24, 2.45) is 0 Å². The Bertz CT molecular complexity index is 3850. The zero-order chi connectivity index (χ0) is 45.7. The van der Waals surface area contributed by atoms with Crippen LogP contribution in [-0.2, 0) is 0 Å². The third-order valence-electron chi connectivity index (χ3n) is 13.7. The van der Waals surface area contributed by atoms with Crippen LogP contribution in [0.3, 0.4) is 0 Å². The van der Waals surface area contributed by atoms with Crippen LogP contribution in [0.1, 0.15) is 0 Å². The molecule has 0 aliphatic carbocycles.